The SMILES string of the molecule is Cc1nn(Cc2ccccc2)c(C)c1CNC(=O)C(C)C1CNC1.Cl. The maximum Gasteiger partial charge on any atom is 0.223 e. The van der Waals surface area contributed by atoms with Gasteiger partial charge < -0.3 is 10.6 Å². The minimum Gasteiger partial charge on any atom is -0.352 e. The van der Waals surface area contributed by atoms with Crippen molar-refractivity contribution in [3.05, 3.63) is 52.8 Å². The summed E-state index contributed by atoms with van der Waals surface area (Å²) in [5.74, 6) is 0.662. The Labute approximate surface area is 155 Å². The quantitative estimate of drug-likeness (QED) is 0.829. The number of carbonyl (C=O) groups excluding carboxylic acids is 1. The van der Waals surface area contributed by atoms with Crippen molar-refractivity contribution in [2.24, 2.45) is 11.8 Å². The predicted molar refractivity (Wildman–Crippen MR) is 102 cm³/mol. The van der Waals surface area contributed by atoms with Crippen LogP contribution in [0, 0.1) is 25.7 Å². The van der Waals surface area contributed by atoms with Gasteiger partial charge in [-0.2, -0.15) is 5.10 Å². The number of hydrogen-bond acceptors (Lipinski definition) is 3. The van der Waals surface area contributed by atoms with Crippen LogP contribution >= 0.6 is 12.4 Å². The fourth-order valence-corrected chi connectivity index (χ4v) is 3.12. The molecule has 1 unspecified atom stereocenters. The van der Waals surface area contributed by atoms with E-state index in [0.717, 1.165) is 36.6 Å². The molecule has 0 spiro atoms. The Bertz CT molecular complexity index is 710. The Morgan fingerprint density at radius 1 is 1.32 bits per heavy atom. The Morgan fingerprint density at radius 2 is 2.00 bits per heavy atom. The van der Waals surface area contributed by atoms with Crippen molar-refractivity contribution < 1.29 is 4.79 Å². The number of nitrogens with one attached hydrogen (secondary N) is 2. The summed E-state index contributed by atoms with van der Waals surface area (Å²) >= 11 is 0. The Hall–Kier alpha value is -1.85. The van der Waals surface area contributed by atoms with Gasteiger partial charge in [0.1, 0.15) is 0 Å². The highest BCUT2D eigenvalue weighted by atomic mass is 35.5. The zero-order valence-electron chi connectivity index (χ0n) is 15.1. The van der Waals surface area contributed by atoms with E-state index in [4.69, 9.17) is 0 Å². The Balaban J connectivity index is 0.00000225. The van der Waals surface area contributed by atoms with Gasteiger partial charge in [-0.25, -0.2) is 0 Å². The molecule has 6 heteroatoms. The summed E-state index contributed by atoms with van der Waals surface area (Å²) in [6, 6.07) is 10.3. The highest BCUT2D eigenvalue weighted by Gasteiger charge is 2.28. The van der Waals surface area contributed by atoms with Crippen molar-refractivity contribution in [3.8, 4) is 0 Å². The normalized spacial score (nSPS) is 15.2. The molecule has 1 atom stereocenters. The highest BCUT2D eigenvalue weighted by molar-refractivity contribution is 5.85. The van der Waals surface area contributed by atoms with Crippen LogP contribution in [0.4, 0.5) is 0 Å². The molecule has 136 valence electrons. The van der Waals surface area contributed by atoms with Gasteiger partial charge in [-0.1, -0.05) is 37.3 Å². The van der Waals surface area contributed by atoms with Crippen molar-refractivity contribution in [1.82, 2.24) is 20.4 Å². The molecule has 1 aliphatic heterocycles. The summed E-state index contributed by atoms with van der Waals surface area (Å²) in [7, 11) is 0. The number of rotatable bonds is 6. The number of amides is 1. The number of hydrogen-bond donors (Lipinski definition) is 2. The molecular weight excluding hydrogens is 336 g/mol. The molecule has 0 radical (unpaired) electrons. The number of benzene rings is 1. The first kappa shape index (κ1) is 19.5. The molecule has 1 saturated heterocycles. The third-order valence-electron chi connectivity index (χ3n) is 5.08. The zero-order valence-corrected chi connectivity index (χ0v) is 15.9. The van der Waals surface area contributed by atoms with Gasteiger partial charge in [0, 0.05) is 23.7 Å². The van der Waals surface area contributed by atoms with Crippen LogP contribution in [0.1, 0.15) is 29.4 Å². The minimum atomic E-state index is 0. The molecule has 0 aliphatic carbocycles. The van der Waals surface area contributed by atoms with Gasteiger partial charge >= 0.3 is 0 Å². The molecule has 1 amide bonds. The molecule has 2 aromatic rings. The standard InChI is InChI=1S/C19H26N4O.ClH/c1-13(17-9-20-10-17)19(24)21-11-18-14(2)22-23(15(18)3)12-16-7-5-4-6-8-16;/h4-8,13,17,20H,9-12H2,1-3H3,(H,21,24);1H. The molecule has 2 N–H and O–H groups in total. The van der Waals surface area contributed by atoms with Crippen molar-refractivity contribution in [2.45, 2.75) is 33.9 Å². The van der Waals surface area contributed by atoms with E-state index in [1.54, 1.807) is 0 Å². The van der Waals surface area contributed by atoms with Crippen molar-refractivity contribution >= 4 is 18.3 Å². The van der Waals surface area contributed by atoms with E-state index in [9.17, 15) is 4.79 Å². The second-order valence-corrected chi connectivity index (χ2v) is 6.72. The topological polar surface area (TPSA) is 59.0 Å². The van der Waals surface area contributed by atoms with Crippen LogP contribution in [0.25, 0.3) is 0 Å². The molecule has 3 rings (SSSR count). The lowest BCUT2D eigenvalue weighted by molar-refractivity contribution is -0.126. The van der Waals surface area contributed by atoms with Crippen LogP contribution in [0.2, 0.25) is 0 Å². The fraction of sp³-hybridized carbons (Fsp3) is 0.474. The third kappa shape index (κ3) is 4.41. The minimum absolute atomic E-state index is 0. The van der Waals surface area contributed by atoms with Crippen molar-refractivity contribution in [1.29, 1.82) is 0 Å². The second-order valence-electron chi connectivity index (χ2n) is 6.72. The summed E-state index contributed by atoms with van der Waals surface area (Å²) in [4.78, 5) is 12.3. The Morgan fingerprint density at radius 3 is 2.60 bits per heavy atom. The number of aryl methyl sites for hydroxylation is 1. The summed E-state index contributed by atoms with van der Waals surface area (Å²) in [5, 5.41) is 11.0. The lowest BCUT2D eigenvalue weighted by Gasteiger charge is -2.31. The molecule has 25 heavy (non-hydrogen) atoms. The van der Waals surface area contributed by atoms with E-state index in [0.29, 0.717) is 12.5 Å². The summed E-state index contributed by atoms with van der Waals surface area (Å²) < 4.78 is 2.02. The number of halogens is 1. The van der Waals surface area contributed by atoms with Crippen LogP contribution in [0.3, 0.4) is 0 Å². The highest BCUT2D eigenvalue weighted by Crippen LogP contribution is 2.18. The van der Waals surface area contributed by atoms with Gasteiger partial charge in [0.25, 0.3) is 0 Å². The molecular formula is C19H27ClN4O. The first-order valence-corrected chi connectivity index (χ1v) is 8.61. The largest absolute Gasteiger partial charge is 0.352 e. The first-order chi connectivity index (χ1) is 11.6. The van der Waals surface area contributed by atoms with E-state index in [-0.39, 0.29) is 24.2 Å². The zero-order chi connectivity index (χ0) is 17.1. The number of nitrogens with zero attached hydrogens (tertiary/aromatic N) is 2. The second kappa shape index (κ2) is 8.50. The average molecular weight is 363 g/mol. The van der Waals surface area contributed by atoms with E-state index >= 15 is 0 Å². The van der Waals surface area contributed by atoms with Crippen LogP contribution in [0.5, 0.6) is 0 Å². The molecule has 1 aromatic carbocycles. The third-order valence-corrected chi connectivity index (χ3v) is 5.08. The van der Waals surface area contributed by atoms with E-state index in [1.807, 2.05) is 36.7 Å². The average Bonchev–Trinajstić information content (AvgIpc) is 2.78. The van der Waals surface area contributed by atoms with E-state index in [1.165, 1.54) is 5.56 Å². The van der Waals surface area contributed by atoms with Crippen LogP contribution in [-0.2, 0) is 17.9 Å². The van der Waals surface area contributed by atoms with Crippen LogP contribution < -0.4 is 10.6 Å². The van der Waals surface area contributed by atoms with E-state index in [2.05, 4.69) is 34.8 Å². The Kier molecular flexibility index (Phi) is 6.62. The van der Waals surface area contributed by atoms with E-state index < -0.39 is 0 Å². The molecule has 1 aliphatic rings. The first-order valence-electron chi connectivity index (χ1n) is 8.61. The van der Waals surface area contributed by atoms with Crippen molar-refractivity contribution in [2.75, 3.05) is 13.1 Å². The van der Waals surface area contributed by atoms with Gasteiger partial charge in [-0.15, -0.1) is 12.4 Å². The summed E-state index contributed by atoms with van der Waals surface area (Å²) in [5.41, 5.74) is 4.46. The van der Waals surface area contributed by atoms with Gasteiger partial charge in [0.15, 0.2) is 0 Å². The lowest BCUT2D eigenvalue weighted by Crippen LogP contribution is -2.49. The lowest BCUT2D eigenvalue weighted by atomic mass is 9.88. The van der Waals surface area contributed by atoms with Gasteiger partial charge in [-0.05, 0) is 38.4 Å². The molecule has 0 bridgehead atoms. The molecule has 0 saturated carbocycles. The fourth-order valence-electron chi connectivity index (χ4n) is 3.12. The van der Waals surface area contributed by atoms with Gasteiger partial charge in [0.05, 0.1) is 12.2 Å². The summed E-state index contributed by atoms with van der Waals surface area (Å²) in [6.07, 6.45) is 0. The smallest absolute Gasteiger partial charge is 0.223 e. The summed E-state index contributed by atoms with van der Waals surface area (Å²) in [6.45, 7) is 9.29. The van der Waals surface area contributed by atoms with Gasteiger partial charge in [0.2, 0.25) is 5.91 Å². The molecule has 5 nitrogen and oxygen atoms in total. The van der Waals surface area contributed by atoms with Crippen LogP contribution in [0.15, 0.2) is 30.3 Å². The molecule has 1 fully saturated rings. The van der Waals surface area contributed by atoms with Crippen LogP contribution in [-0.4, -0.2) is 28.8 Å². The monoisotopic (exact) mass is 362 g/mol. The molecule has 2 heterocycles. The maximum absolute atomic E-state index is 12.3. The maximum atomic E-state index is 12.3. The van der Waals surface area contributed by atoms with Crippen molar-refractivity contribution in [3.63, 3.8) is 0 Å². The predicted octanol–water partition coefficient (Wildman–Crippen LogP) is 2.44. The number of aromatic nitrogens is 2. The molecule has 1 aromatic heterocycles. The van der Waals surface area contributed by atoms with Gasteiger partial charge in [-0.3, -0.25) is 9.48 Å². The number of carbonyl (C=O) groups is 1.